The van der Waals surface area contributed by atoms with Gasteiger partial charge in [-0.15, -0.1) is 0 Å². The minimum atomic E-state index is 0.412. The SMILES string of the molecule is CNc1nc(NC2CCCCC2C)nc(-n2cncn2)n1. The number of nitrogens with zero attached hydrogens (tertiary/aromatic N) is 6. The van der Waals surface area contributed by atoms with Crippen molar-refractivity contribution in [2.45, 2.75) is 38.6 Å². The normalized spacial score (nSPS) is 22.0. The molecule has 1 saturated carbocycles. The highest BCUT2D eigenvalue weighted by Gasteiger charge is 2.22. The molecule has 0 bridgehead atoms. The highest BCUT2D eigenvalue weighted by molar-refractivity contribution is 5.38. The molecule has 1 aliphatic carbocycles. The van der Waals surface area contributed by atoms with Crippen LogP contribution >= 0.6 is 0 Å². The summed E-state index contributed by atoms with van der Waals surface area (Å²) in [5, 5.41) is 10.5. The topological polar surface area (TPSA) is 93.4 Å². The number of aromatic nitrogens is 6. The molecule has 8 heteroatoms. The molecule has 2 heterocycles. The maximum absolute atomic E-state index is 4.44. The minimum absolute atomic E-state index is 0.412. The summed E-state index contributed by atoms with van der Waals surface area (Å²) in [5.74, 6) is 2.18. The minimum Gasteiger partial charge on any atom is -0.357 e. The van der Waals surface area contributed by atoms with Crippen molar-refractivity contribution in [3.8, 4) is 5.95 Å². The fourth-order valence-electron chi connectivity index (χ4n) is 2.65. The molecule has 2 unspecified atom stereocenters. The van der Waals surface area contributed by atoms with Crippen molar-refractivity contribution in [3.63, 3.8) is 0 Å². The fraction of sp³-hybridized carbons (Fsp3) is 0.615. The molecule has 2 N–H and O–H groups in total. The van der Waals surface area contributed by atoms with Gasteiger partial charge in [-0.2, -0.15) is 24.7 Å². The summed E-state index contributed by atoms with van der Waals surface area (Å²) in [6.45, 7) is 2.27. The number of anilines is 2. The van der Waals surface area contributed by atoms with Crippen LogP contribution in [0.1, 0.15) is 32.6 Å². The van der Waals surface area contributed by atoms with Gasteiger partial charge in [-0.3, -0.25) is 0 Å². The van der Waals surface area contributed by atoms with E-state index in [0.717, 1.165) is 6.42 Å². The molecular weight excluding hydrogens is 268 g/mol. The van der Waals surface area contributed by atoms with Crippen molar-refractivity contribution in [1.82, 2.24) is 29.7 Å². The molecule has 0 aromatic carbocycles. The molecule has 21 heavy (non-hydrogen) atoms. The Morgan fingerprint density at radius 2 is 1.95 bits per heavy atom. The van der Waals surface area contributed by atoms with E-state index in [1.807, 2.05) is 0 Å². The molecule has 1 aliphatic rings. The largest absolute Gasteiger partial charge is 0.357 e. The van der Waals surface area contributed by atoms with Crippen molar-refractivity contribution in [2.24, 2.45) is 5.92 Å². The summed E-state index contributed by atoms with van der Waals surface area (Å²) in [6.07, 6.45) is 7.99. The molecule has 0 saturated heterocycles. The van der Waals surface area contributed by atoms with Gasteiger partial charge in [0.15, 0.2) is 0 Å². The van der Waals surface area contributed by atoms with E-state index in [1.54, 1.807) is 13.4 Å². The third-order valence-electron chi connectivity index (χ3n) is 3.90. The van der Waals surface area contributed by atoms with Crippen LogP contribution in [-0.2, 0) is 0 Å². The molecule has 0 amide bonds. The highest BCUT2D eigenvalue weighted by Crippen LogP contribution is 2.26. The molecule has 2 aromatic rings. The molecule has 0 spiro atoms. The Labute approximate surface area is 123 Å². The van der Waals surface area contributed by atoms with Crippen LogP contribution in [0.2, 0.25) is 0 Å². The van der Waals surface area contributed by atoms with Gasteiger partial charge in [0.05, 0.1) is 0 Å². The van der Waals surface area contributed by atoms with E-state index in [0.29, 0.717) is 29.8 Å². The van der Waals surface area contributed by atoms with Crippen LogP contribution in [0.5, 0.6) is 0 Å². The molecular formula is C13H20N8. The summed E-state index contributed by atoms with van der Waals surface area (Å²) in [5.41, 5.74) is 0. The molecule has 8 nitrogen and oxygen atoms in total. The average molecular weight is 288 g/mol. The Hall–Kier alpha value is -2.25. The van der Waals surface area contributed by atoms with Gasteiger partial charge >= 0.3 is 0 Å². The highest BCUT2D eigenvalue weighted by atomic mass is 15.4. The lowest BCUT2D eigenvalue weighted by atomic mass is 9.86. The van der Waals surface area contributed by atoms with Gasteiger partial charge in [-0.25, -0.2) is 4.98 Å². The zero-order valence-electron chi connectivity index (χ0n) is 12.3. The Morgan fingerprint density at radius 1 is 1.14 bits per heavy atom. The van der Waals surface area contributed by atoms with Gasteiger partial charge in [-0.05, 0) is 18.8 Å². The fourth-order valence-corrected chi connectivity index (χ4v) is 2.65. The van der Waals surface area contributed by atoms with Gasteiger partial charge in [0.2, 0.25) is 11.9 Å². The number of rotatable bonds is 4. The monoisotopic (exact) mass is 288 g/mol. The second kappa shape index (κ2) is 6.02. The van der Waals surface area contributed by atoms with Gasteiger partial charge in [0.25, 0.3) is 5.95 Å². The first kappa shape index (κ1) is 13.7. The smallest absolute Gasteiger partial charge is 0.258 e. The lowest BCUT2D eigenvalue weighted by Gasteiger charge is -2.29. The molecule has 0 radical (unpaired) electrons. The maximum atomic E-state index is 4.44. The van der Waals surface area contributed by atoms with E-state index in [4.69, 9.17) is 0 Å². The quantitative estimate of drug-likeness (QED) is 0.880. The molecule has 112 valence electrons. The summed E-state index contributed by atoms with van der Waals surface area (Å²) in [7, 11) is 1.79. The third kappa shape index (κ3) is 3.09. The second-order valence-corrected chi connectivity index (χ2v) is 5.39. The molecule has 3 rings (SSSR count). The van der Waals surface area contributed by atoms with Gasteiger partial charge < -0.3 is 10.6 Å². The van der Waals surface area contributed by atoms with E-state index in [2.05, 4.69) is 42.6 Å². The standard InChI is InChI=1S/C13H20N8/c1-9-5-3-4-6-10(9)17-12-18-11(14-2)19-13(20-12)21-8-15-7-16-21/h7-10H,3-6H2,1-2H3,(H2,14,17,18,19,20). The summed E-state index contributed by atoms with van der Waals surface area (Å²) in [4.78, 5) is 17.0. The van der Waals surface area contributed by atoms with E-state index < -0.39 is 0 Å². The first-order valence-corrected chi connectivity index (χ1v) is 7.31. The van der Waals surface area contributed by atoms with E-state index in [1.165, 1.54) is 30.3 Å². The van der Waals surface area contributed by atoms with E-state index in [9.17, 15) is 0 Å². The number of hydrogen-bond acceptors (Lipinski definition) is 7. The average Bonchev–Trinajstić information content (AvgIpc) is 3.04. The summed E-state index contributed by atoms with van der Waals surface area (Å²) in [6, 6.07) is 0.412. The van der Waals surface area contributed by atoms with E-state index in [-0.39, 0.29) is 0 Å². The Kier molecular flexibility index (Phi) is 3.94. The third-order valence-corrected chi connectivity index (χ3v) is 3.90. The van der Waals surface area contributed by atoms with Crippen LogP contribution in [0.15, 0.2) is 12.7 Å². The lowest BCUT2D eigenvalue weighted by molar-refractivity contribution is 0.348. The van der Waals surface area contributed by atoms with Gasteiger partial charge in [0, 0.05) is 13.1 Å². The summed E-state index contributed by atoms with van der Waals surface area (Å²) < 4.78 is 1.53. The van der Waals surface area contributed by atoms with Crippen molar-refractivity contribution in [1.29, 1.82) is 0 Å². The van der Waals surface area contributed by atoms with Crippen LogP contribution in [-0.4, -0.2) is 42.8 Å². The molecule has 1 fully saturated rings. The Morgan fingerprint density at radius 3 is 2.67 bits per heavy atom. The lowest BCUT2D eigenvalue weighted by Crippen LogP contribution is -2.31. The van der Waals surface area contributed by atoms with Crippen LogP contribution in [0.4, 0.5) is 11.9 Å². The molecule has 2 atom stereocenters. The Bertz CT molecular complexity index is 582. The van der Waals surface area contributed by atoms with Crippen LogP contribution in [0.3, 0.4) is 0 Å². The van der Waals surface area contributed by atoms with Crippen molar-refractivity contribution in [3.05, 3.63) is 12.7 Å². The van der Waals surface area contributed by atoms with Crippen molar-refractivity contribution in [2.75, 3.05) is 17.7 Å². The van der Waals surface area contributed by atoms with Crippen LogP contribution < -0.4 is 10.6 Å². The van der Waals surface area contributed by atoms with Gasteiger partial charge in [-0.1, -0.05) is 19.8 Å². The van der Waals surface area contributed by atoms with Crippen molar-refractivity contribution < 1.29 is 0 Å². The number of hydrogen-bond donors (Lipinski definition) is 2. The second-order valence-electron chi connectivity index (χ2n) is 5.39. The van der Waals surface area contributed by atoms with Gasteiger partial charge in [0.1, 0.15) is 12.7 Å². The molecule has 0 aliphatic heterocycles. The zero-order chi connectivity index (χ0) is 14.7. The first-order chi connectivity index (χ1) is 10.3. The predicted octanol–water partition coefficient (Wildman–Crippen LogP) is 1.48. The van der Waals surface area contributed by atoms with Crippen LogP contribution in [0.25, 0.3) is 5.95 Å². The predicted molar refractivity (Wildman–Crippen MR) is 79.3 cm³/mol. The zero-order valence-corrected chi connectivity index (χ0v) is 12.3. The van der Waals surface area contributed by atoms with E-state index >= 15 is 0 Å². The maximum Gasteiger partial charge on any atom is 0.258 e. The summed E-state index contributed by atoms with van der Waals surface area (Å²) >= 11 is 0. The Balaban J connectivity index is 1.85. The van der Waals surface area contributed by atoms with Crippen LogP contribution in [0, 0.1) is 5.92 Å². The van der Waals surface area contributed by atoms with Crippen molar-refractivity contribution >= 4 is 11.9 Å². The molecule has 2 aromatic heterocycles. The first-order valence-electron chi connectivity index (χ1n) is 7.31. The number of nitrogens with one attached hydrogen (secondary N) is 2.